The quantitative estimate of drug-likeness (QED) is 0.946. The molecule has 22 heavy (non-hydrogen) atoms. The number of hydrogen-bond acceptors (Lipinski definition) is 4. The van der Waals surface area contributed by atoms with Gasteiger partial charge in [0.05, 0.1) is 11.9 Å². The summed E-state index contributed by atoms with van der Waals surface area (Å²) in [4.78, 5) is 22.2. The Hall–Kier alpha value is -2.43. The third kappa shape index (κ3) is 3.42. The fourth-order valence-electron chi connectivity index (χ4n) is 2.81. The van der Waals surface area contributed by atoms with Gasteiger partial charge in [0, 0.05) is 37.8 Å². The van der Waals surface area contributed by atoms with Crippen LogP contribution in [0.4, 0.5) is 11.5 Å². The molecule has 3 rings (SSSR count). The summed E-state index contributed by atoms with van der Waals surface area (Å²) < 4.78 is 0. The number of amides is 1. The van der Waals surface area contributed by atoms with Crippen molar-refractivity contribution >= 4 is 17.4 Å². The van der Waals surface area contributed by atoms with Crippen LogP contribution in [0.25, 0.3) is 0 Å². The molecule has 3 heterocycles. The van der Waals surface area contributed by atoms with E-state index in [1.54, 1.807) is 13.1 Å². The minimum absolute atomic E-state index is 0.151. The molecule has 0 unspecified atom stereocenters. The molecule has 1 aliphatic heterocycles. The van der Waals surface area contributed by atoms with E-state index in [9.17, 15) is 4.79 Å². The standard InChI is InChI=1S/C17H20N4O/c1-13(22)21-10-4-5-14(12-21)16-8-7-15(11-19-16)20-17-6-2-3-9-18-17/h2-3,6-9,11,14H,4-5,10,12H2,1H3,(H,18,20)/t14-/m0/s1. The van der Waals surface area contributed by atoms with E-state index in [2.05, 4.69) is 15.3 Å². The second kappa shape index (κ2) is 6.56. The van der Waals surface area contributed by atoms with Crippen LogP contribution in [-0.4, -0.2) is 33.9 Å². The van der Waals surface area contributed by atoms with E-state index in [4.69, 9.17) is 0 Å². The highest BCUT2D eigenvalue weighted by atomic mass is 16.2. The number of nitrogens with zero attached hydrogens (tertiary/aromatic N) is 3. The first-order valence-electron chi connectivity index (χ1n) is 7.62. The fourth-order valence-corrected chi connectivity index (χ4v) is 2.81. The first-order valence-corrected chi connectivity index (χ1v) is 7.62. The van der Waals surface area contributed by atoms with Gasteiger partial charge in [-0.25, -0.2) is 4.98 Å². The summed E-state index contributed by atoms with van der Waals surface area (Å²) in [5.41, 5.74) is 1.97. The maximum Gasteiger partial charge on any atom is 0.219 e. The molecule has 0 spiro atoms. The molecule has 1 atom stereocenters. The number of hydrogen-bond donors (Lipinski definition) is 1. The van der Waals surface area contributed by atoms with E-state index in [0.717, 1.165) is 43.1 Å². The number of nitrogens with one attached hydrogen (secondary N) is 1. The summed E-state index contributed by atoms with van der Waals surface area (Å²) in [7, 11) is 0. The van der Waals surface area contributed by atoms with Crippen molar-refractivity contribution in [1.82, 2.24) is 14.9 Å². The van der Waals surface area contributed by atoms with Crippen molar-refractivity contribution in [3.8, 4) is 0 Å². The first kappa shape index (κ1) is 14.5. The van der Waals surface area contributed by atoms with Gasteiger partial charge in [-0.05, 0) is 37.1 Å². The molecule has 0 aliphatic carbocycles. The molecule has 2 aromatic heterocycles. The Morgan fingerprint density at radius 2 is 2.18 bits per heavy atom. The third-order valence-corrected chi connectivity index (χ3v) is 4.01. The van der Waals surface area contributed by atoms with Crippen molar-refractivity contribution < 1.29 is 4.79 Å². The molecule has 0 radical (unpaired) electrons. The fraction of sp³-hybridized carbons (Fsp3) is 0.353. The molecule has 0 bridgehead atoms. The lowest BCUT2D eigenvalue weighted by molar-refractivity contribution is -0.130. The summed E-state index contributed by atoms with van der Waals surface area (Å²) >= 11 is 0. The Labute approximate surface area is 130 Å². The average Bonchev–Trinajstić information content (AvgIpc) is 2.56. The number of carbonyl (C=O) groups excluding carboxylic acids is 1. The molecule has 114 valence electrons. The summed E-state index contributed by atoms with van der Waals surface area (Å²) in [6.07, 6.45) is 5.71. The van der Waals surface area contributed by atoms with Crippen molar-refractivity contribution in [2.24, 2.45) is 0 Å². The van der Waals surface area contributed by atoms with Gasteiger partial charge >= 0.3 is 0 Å². The molecule has 2 aromatic rings. The zero-order valence-corrected chi connectivity index (χ0v) is 12.7. The van der Waals surface area contributed by atoms with E-state index in [0.29, 0.717) is 5.92 Å². The largest absolute Gasteiger partial charge is 0.342 e. The molecule has 1 N–H and O–H groups in total. The summed E-state index contributed by atoms with van der Waals surface area (Å²) in [5.74, 6) is 1.29. The molecular formula is C17H20N4O. The lowest BCUT2D eigenvalue weighted by Gasteiger charge is -2.31. The number of likely N-dealkylation sites (tertiary alicyclic amines) is 1. The van der Waals surface area contributed by atoms with Crippen LogP contribution in [0.2, 0.25) is 0 Å². The third-order valence-electron chi connectivity index (χ3n) is 4.01. The van der Waals surface area contributed by atoms with Gasteiger partial charge < -0.3 is 10.2 Å². The monoisotopic (exact) mass is 296 g/mol. The van der Waals surface area contributed by atoms with Gasteiger partial charge in [-0.15, -0.1) is 0 Å². The molecule has 1 fully saturated rings. The minimum atomic E-state index is 0.151. The number of anilines is 2. The zero-order chi connectivity index (χ0) is 15.4. The molecule has 1 saturated heterocycles. The Morgan fingerprint density at radius 3 is 2.86 bits per heavy atom. The molecule has 5 heteroatoms. The predicted molar refractivity (Wildman–Crippen MR) is 86.0 cm³/mol. The maximum absolute atomic E-state index is 11.5. The van der Waals surface area contributed by atoms with Crippen LogP contribution in [-0.2, 0) is 4.79 Å². The van der Waals surface area contributed by atoms with E-state index in [1.807, 2.05) is 41.4 Å². The number of pyridine rings is 2. The molecular weight excluding hydrogens is 276 g/mol. The van der Waals surface area contributed by atoms with E-state index in [-0.39, 0.29) is 5.91 Å². The van der Waals surface area contributed by atoms with Gasteiger partial charge in [-0.1, -0.05) is 6.07 Å². The Kier molecular flexibility index (Phi) is 4.32. The van der Waals surface area contributed by atoms with Crippen molar-refractivity contribution in [2.45, 2.75) is 25.7 Å². The van der Waals surface area contributed by atoms with Gasteiger partial charge in [0.1, 0.15) is 5.82 Å². The number of piperidine rings is 1. The smallest absolute Gasteiger partial charge is 0.219 e. The molecule has 1 amide bonds. The SMILES string of the molecule is CC(=O)N1CCC[C@H](c2ccc(Nc3ccccn3)cn2)C1. The lowest BCUT2D eigenvalue weighted by atomic mass is 9.94. The zero-order valence-electron chi connectivity index (χ0n) is 12.7. The van der Waals surface area contributed by atoms with Gasteiger partial charge in [-0.3, -0.25) is 9.78 Å². The van der Waals surface area contributed by atoms with Gasteiger partial charge in [-0.2, -0.15) is 0 Å². The second-order valence-electron chi connectivity index (χ2n) is 5.62. The van der Waals surface area contributed by atoms with E-state index >= 15 is 0 Å². The van der Waals surface area contributed by atoms with Crippen molar-refractivity contribution in [3.63, 3.8) is 0 Å². The van der Waals surface area contributed by atoms with Crippen LogP contribution in [0.3, 0.4) is 0 Å². The van der Waals surface area contributed by atoms with Crippen LogP contribution in [0.1, 0.15) is 31.4 Å². The number of rotatable bonds is 3. The first-order chi connectivity index (χ1) is 10.7. The average molecular weight is 296 g/mol. The van der Waals surface area contributed by atoms with Gasteiger partial charge in [0.2, 0.25) is 5.91 Å². The van der Waals surface area contributed by atoms with Gasteiger partial charge in [0.25, 0.3) is 0 Å². The highest BCUT2D eigenvalue weighted by molar-refractivity contribution is 5.73. The van der Waals surface area contributed by atoms with Crippen molar-refractivity contribution in [2.75, 3.05) is 18.4 Å². The number of aromatic nitrogens is 2. The van der Waals surface area contributed by atoms with Crippen LogP contribution in [0.15, 0.2) is 42.7 Å². The summed E-state index contributed by atoms with van der Waals surface area (Å²) in [6, 6.07) is 9.80. The molecule has 5 nitrogen and oxygen atoms in total. The summed E-state index contributed by atoms with van der Waals surface area (Å²) in [5, 5.41) is 3.22. The topological polar surface area (TPSA) is 58.1 Å². The predicted octanol–water partition coefficient (Wildman–Crippen LogP) is 2.95. The Bertz CT molecular complexity index is 627. The molecule has 0 saturated carbocycles. The number of carbonyl (C=O) groups is 1. The lowest BCUT2D eigenvalue weighted by Crippen LogP contribution is -2.37. The summed E-state index contributed by atoms with van der Waals surface area (Å²) in [6.45, 7) is 3.27. The van der Waals surface area contributed by atoms with E-state index in [1.165, 1.54) is 0 Å². The van der Waals surface area contributed by atoms with Gasteiger partial charge in [0.15, 0.2) is 0 Å². The van der Waals surface area contributed by atoms with Crippen LogP contribution in [0, 0.1) is 0 Å². The second-order valence-corrected chi connectivity index (χ2v) is 5.62. The molecule has 1 aliphatic rings. The highest BCUT2D eigenvalue weighted by Crippen LogP contribution is 2.26. The van der Waals surface area contributed by atoms with Crippen LogP contribution in [0.5, 0.6) is 0 Å². The van der Waals surface area contributed by atoms with Crippen molar-refractivity contribution in [3.05, 3.63) is 48.4 Å². The molecule has 0 aromatic carbocycles. The van der Waals surface area contributed by atoms with Crippen molar-refractivity contribution in [1.29, 1.82) is 0 Å². The normalized spacial score (nSPS) is 18.0. The Balaban J connectivity index is 1.67. The Morgan fingerprint density at radius 1 is 1.27 bits per heavy atom. The van der Waals surface area contributed by atoms with Crippen LogP contribution < -0.4 is 5.32 Å². The minimum Gasteiger partial charge on any atom is -0.342 e. The van der Waals surface area contributed by atoms with E-state index < -0.39 is 0 Å². The highest BCUT2D eigenvalue weighted by Gasteiger charge is 2.23. The maximum atomic E-state index is 11.5. The van der Waals surface area contributed by atoms with Crippen LogP contribution >= 0.6 is 0 Å².